The fourth-order valence-electron chi connectivity index (χ4n) is 2.20. The molecular weight excluding hydrogens is 244 g/mol. The van der Waals surface area contributed by atoms with Gasteiger partial charge in [0.2, 0.25) is 0 Å². The summed E-state index contributed by atoms with van der Waals surface area (Å²) in [6, 6.07) is 7.39. The largest absolute Gasteiger partial charge is 0.497 e. The van der Waals surface area contributed by atoms with E-state index < -0.39 is 6.10 Å². The Balaban J connectivity index is 1.84. The van der Waals surface area contributed by atoms with Crippen LogP contribution in [0.4, 0.5) is 0 Å². The second-order valence-corrected chi connectivity index (χ2v) is 4.89. The number of aliphatic hydroxyl groups is 1. The van der Waals surface area contributed by atoms with E-state index in [1.807, 2.05) is 31.2 Å². The van der Waals surface area contributed by atoms with Gasteiger partial charge in [-0.3, -0.25) is 0 Å². The van der Waals surface area contributed by atoms with Crippen molar-refractivity contribution in [2.45, 2.75) is 38.1 Å². The normalized spacial score (nSPS) is 22.2. The van der Waals surface area contributed by atoms with Gasteiger partial charge in [-0.2, -0.15) is 0 Å². The highest BCUT2D eigenvalue weighted by molar-refractivity contribution is 5.28. The van der Waals surface area contributed by atoms with Gasteiger partial charge in [-0.25, -0.2) is 0 Å². The smallest absolute Gasteiger partial charge is 0.118 e. The molecular formula is C15H22O4. The minimum atomic E-state index is -0.632. The fraction of sp³-hybridized carbons (Fsp3) is 0.600. The number of methoxy groups -OCH3 is 1. The summed E-state index contributed by atoms with van der Waals surface area (Å²) in [4.78, 5) is 0. The van der Waals surface area contributed by atoms with Gasteiger partial charge in [0, 0.05) is 6.61 Å². The molecule has 1 fully saturated rings. The summed E-state index contributed by atoms with van der Waals surface area (Å²) < 4.78 is 16.3. The van der Waals surface area contributed by atoms with Gasteiger partial charge in [0.1, 0.15) is 11.9 Å². The Morgan fingerprint density at radius 1 is 1.37 bits per heavy atom. The van der Waals surface area contributed by atoms with Gasteiger partial charge in [0.15, 0.2) is 0 Å². The highest BCUT2D eigenvalue weighted by Crippen LogP contribution is 2.22. The molecule has 3 unspecified atom stereocenters. The molecule has 3 atom stereocenters. The Morgan fingerprint density at radius 2 is 2.11 bits per heavy atom. The van der Waals surface area contributed by atoms with Gasteiger partial charge in [0.25, 0.3) is 0 Å². The molecule has 0 aliphatic carbocycles. The Bertz CT molecular complexity index is 370. The van der Waals surface area contributed by atoms with Crippen LogP contribution in [0.25, 0.3) is 0 Å². The van der Waals surface area contributed by atoms with Crippen molar-refractivity contribution < 1.29 is 19.3 Å². The van der Waals surface area contributed by atoms with Crippen LogP contribution < -0.4 is 4.74 Å². The first-order valence-corrected chi connectivity index (χ1v) is 6.76. The average molecular weight is 266 g/mol. The number of aliphatic hydroxyl groups excluding tert-OH is 1. The number of ether oxygens (including phenoxy) is 3. The molecule has 0 amide bonds. The van der Waals surface area contributed by atoms with Gasteiger partial charge in [0.05, 0.1) is 25.9 Å². The van der Waals surface area contributed by atoms with Gasteiger partial charge < -0.3 is 19.3 Å². The highest BCUT2D eigenvalue weighted by Gasteiger charge is 2.21. The van der Waals surface area contributed by atoms with E-state index in [-0.39, 0.29) is 12.2 Å². The molecule has 106 valence electrons. The van der Waals surface area contributed by atoms with Crippen molar-refractivity contribution in [2.75, 3.05) is 20.3 Å². The first-order valence-electron chi connectivity index (χ1n) is 6.76. The summed E-state index contributed by atoms with van der Waals surface area (Å²) >= 11 is 0. The van der Waals surface area contributed by atoms with Crippen LogP contribution in [-0.2, 0) is 9.47 Å². The molecule has 0 radical (unpaired) electrons. The summed E-state index contributed by atoms with van der Waals surface area (Å²) in [5.74, 6) is 0.781. The van der Waals surface area contributed by atoms with Crippen molar-refractivity contribution in [1.82, 2.24) is 0 Å². The van der Waals surface area contributed by atoms with Crippen LogP contribution in [0.2, 0.25) is 0 Å². The summed E-state index contributed by atoms with van der Waals surface area (Å²) in [7, 11) is 1.62. The molecule has 1 N–H and O–H groups in total. The average Bonchev–Trinajstić information content (AvgIpc) is 2.97. The minimum absolute atomic E-state index is 0.186. The van der Waals surface area contributed by atoms with E-state index in [0.29, 0.717) is 6.61 Å². The van der Waals surface area contributed by atoms with E-state index in [0.717, 1.165) is 30.8 Å². The van der Waals surface area contributed by atoms with Crippen molar-refractivity contribution in [2.24, 2.45) is 0 Å². The quantitative estimate of drug-likeness (QED) is 0.858. The van der Waals surface area contributed by atoms with Gasteiger partial charge in [-0.05, 0) is 37.5 Å². The van der Waals surface area contributed by atoms with Crippen molar-refractivity contribution >= 4 is 0 Å². The lowest BCUT2D eigenvalue weighted by molar-refractivity contribution is -0.0635. The summed E-state index contributed by atoms with van der Waals surface area (Å²) in [5, 5.41) is 10.2. The maximum absolute atomic E-state index is 10.2. The van der Waals surface area contributed by atoms with Crippen molar-refractivity contribution in [1.29, 1.82) is 0 Å². The Hall–Kier alpha value is -1.10. The molecule has 1 aliphatic rings. The Kier molecular flexibility index (Phi) is 5.19. The molecule has 19 heavy (non-hydrogen) atoms. The minimum Gasteiger partial charge on any atom is -0.497 e. The van der Waals surface area contributed by atoms with Gasteiger partial charge in [-0.15, -0.1) is 0 Å². The maximum atomic E-state index is 10.2. The van der Waals surface area contributed by atoms with Crippen LogP contribution in [-0.4, -0.2) is 37.6 Å². The first kappa shape index (κ1) is 14.3. The molecule has 0 bridgehead atoms. The Morgan fingerprint density at radius 3 is 2.68 bits per heavy atom. The van der Waals surface area contributed by atoms with Gasteiger partial charge >= 0.3 is 0 Å². The molecule has 1 aliphatic heterocycles. The SMILES string of the molecule is COc1ccc(C(O)C(C)OCC2CCCO2)cc1. The monoisotopic (exact) mass is 266 g/mol. The summed E-state index contributed by atoms with van der Waals surface area (Å²) in [6.45, 7) is 3.25. The van der Waals surface area contributed by atoms with Crippen LogP contribution >= 0.6 is 0 Å². The molecule has 2 rings (SSSR count). The lowest BCUT2D eigenvalue weighted by Crippen LogP contribution is -2.24. The zero-order chi connectivity index (χ0) is 13.7. The van der Waals surface area contributed by atoms with Gasteiger partial charge in [-0.1, -0.05) is 12.1 Å². The number of hydrogen-bond acceptors (Lipinski definition) is 4. The van der Waals surface area contributed by atoms with Crippen molar-refractivity contribution in [3.8, 4) is 5.75 Å². The Labute approximate surface area is 114 Å². The highest BCUT2D eigenvalue weighted by atomic mass is 16.5. The predicted molar refractivity (Wildman–Crippen MR) is 72.3 cm³/mol. The molecule has 1 aromatic rings. The van der Waals surface area contributed by atoms with Crippen LogP contribution in [0.15, 0.2) is 24.3 Å². The zero-order valence-electron chi connectivity index (χ0n) is 11.5. The third kappa shape index (κ3) is 3.93. The predicted octanol–water partition coefficient (Wildman–Crippen LogP) is 2.31. The molecule has 4 heteroatoms. The third-order valence-electron chi connectivity index (χ3n) is 3.47. The molecule has 1 saturated heterocycles. The lowest BCUT2D eigenvalue weighted by Gasteiger charge is -2.21. The van der Waals surface area contributed by atoms with Crippen LogP contribution in [0.1, 0.15) is 31.4 Å². The molecule has 1 aromatic carbocycles. The standard InChI is InChI=1S/C15H22O4/c1-11(19-10-14-4-3-9-18-14)15(16)12-5-7-13(17-2)8-6-12/h5-8,11,14-16H,3-4,9-10H2,1-2H3. The molecule has 0 aromatic heterocycles. The second kappa shape index (κ2) is 6.89. The number of benzene rings is 1. The molecule has 0 saturated carbocycles. The van der Waals surface area contributed by atoms with Crippen LogP contribution in [0.5, 0.6) is 5.75 Å². The van der Waals surface area contributed by atoms with E-state index in [1.54, 1.807) is 7.11 Å². The maximum Gasteiger partial charge on any atom is 0.118 e. The van der Waals surface area contributed by atoms with E-state index in [2.05, 4.69) is 0 Å². The van der Waals surface area contributed by atoms with E-state index in [1.165, 1.54) is 0 Å². The third-order valence-corrected chi connectivity index (χ3v) is 3.47. The number of hydrogen-bond donors (Lipinski definition) is 1. The molecule has 0 spiro atoms. The summed E-state index contributed by atoms with van der Waals surface area (Å²) in [5.41, 5.74) is 0.834. The van der Waals surface area contributed by atoms with E-state index >= 15 is 0 Å². The lowest BCUT2D eigenvalue weighted by atomic mass is 10.1. The molecule has 1 heterocycles. The van der Waals surface area contributed by atoms with E-state index in [4.69, 9.17) is 14.2 Å². The first-order chi connectivity index (χ1) is 9.20. The molecule has 4 nitrogen and oxygen atoms in total. The topological polar surface area (TPSA) is 47.9 Å². The van der Waals surface area contributed by atoms with Crippen LogP contribution in [0, 0.1) is 0 Å². The van der Waals surface area contributed by atoms with E-state index in [9.17, 15) is 5.11 Å². The fourth-order valence-corrected chi connectivity index (χ4v) is 2.20. The van der Waals surface area contributed by atoms with Crippen molar-refractivity contribution in [3.63, 3.8) is 0 Å². The van der Waals surface area contributed by atoms with Crippen molar-refractivity contribution in [3.05, 3.63) is 29.8 Å². The number of rotatable bonds is 6. The zero-order valence-corrected chi connectivity index (χ0v) is 11.5. The summed E-state index contributed by atoms with van der Waals surface area (Å²) in [6.07, 6.45) is 1.45. The second-order valence-electron chi connectivity index (χ2n) is 4.89. The van der Waals surface area contributed by atoms with Crippen LogP contribution in [0.3, 0.4) is 0 Å².